The molecule has 0 unspecified atom stereocenters. The number of hydrogen-bond acceptors (Lipinski definition) is 3. The minimum absolute atomic E-state index is 0.0222. The van der Waals surface area contributed by atoms with Crippen LogP contribution in [-0.2, 0) is 0 Å². The number of nitrogens with zero attached hydrogens (tertiary/aromatic N) is 1. The van der Waals surface area contributed by atoms with E-state index in [0.29, 0.717) is 22.0 Å². The monoisotopic (exact) mass is 318 g/mol. The lowest BCUT2D eigenvalue weighted by atomic mass is 10.1. The summed E-state index contributed by atoms with van der Waals surface area (Å²) in [5, 5.41) is 0.636. The van der Waals surface area contributed by atoms with Gasteiger partial charge in [-0.1, -0.05) is 23.7 Å². The number of halogens is 2. The number of H-pyrrole nitrogens is 1. The number of nitrogens with one attached hydrogen (secondary N) is 1. The van der Waals surface area contributed by atoms with E-state index in [9.17, 15) is 9.18 Å². The van der Waals surface area contributed by atoms with Crippen LogP contribution >= 0.6 is 11.6 Å². The van der Waals surface area contributed by atoms with Crippen LogP contribution in [0.3, 0.4) is 0 Å². The lowest BCUT2D eigenvalue weighted by molar-refractivity contribution is 0.386. The maximum atomic E-state index is 14.1. The Kier molecular flexibility index (Phi) is 3.58. The Hall–Kier alpha value is -2.40. The van der Waals surface area contributed by atoms with Crippen LogP contribution in [0, 0.1) is 12.7 Å². The molecule has 0 fully saturated rings. The Morgan fingerprint density at radius 2 is 2.05 bits per heavy atom. The summed E-state index contributed by atoms with van der Waals surface area (Å²) in [6.07, 6.45) is 0. The van der Waals surface area contributed by atoms with E-state index in [1.807, 2.05) is 0 Å². The highest BCUT2D eigenvalue weighted by atomic mass is 35.5. The molecule has 0 saturated heterocycles. The topological polar surface area (TPSA) is 55.0 Å². The molecule has 4 nitrogen and oxygen atoms in total. The Labute approximate surface area is 130 Å². The second-order valence-electron chi connectivity index (χ2n) is 4.81. The molecule has 0 aliphatic carbocycles. The molecule has 1 N–H and O–H groups in total. The molecule has 0 aliphatic rings. The zero-order valence-corrected chi connectivity index (χ0v) is 12.7. The van der Waals surface area contributed by atoms with E-state index in [1.54, 1.807) is 31.2 Å². The van der Waals surface area contributed by atoms with E-state index in [1.165, 1.54) is 13.2 Å². The largest absolute Gasteiger partial charge is 0.492 e. The Morgan fingerprint density at radius 1 is 1.32 bits per heavy atom. The summed E-state index contributed by atoms with van der Waals surface area (Å²) < 4.78 is 19.0. The van der Waals surface area contributed by atoms with Crippen LogP contribution in [0.25, 0.3) is 22.3 Å². The number of benzene rings is 2. The number of para-hydroxylation sites is 1. The van der Waals surface area contributed by atoms with Gasteiger partial charge >= 0.3 is 0 Å². The third-order valence-electron chi connectivity index (χ3n) is 3.49. The van der Waals surface area contributed by atoms with Crippen LogP contribution in [0.5, 0.6) is 5.75 Å². The fourth-order valence-electron chi connectivity index (χ4n) is 2.34. The van der Waals surface area contributed by atoms with Crippen molar-refractivity contribution in [1.82, 2.24) is 9.97 Å². The molecular weight excluding hydrogens is 307 g/mol. The fraction of sp³-hybridized carbons (Fsp3) is 0.125. The molecule has 0 radical (unpaired) electrons. The van der Waals surface area contributed by atoms with Gasteiger partial charge in [0.15, 0.2) is 11.6 Å². The van der Waals surface area contributed by atoms with Gasteiger partial charge in [0.05, 0.1) is 23.0 Å². The Bertz CT molecular complexity index is 937. The number of ether oxygens (including phenoxy) is 1. The van der Waals surface area contributed by atoms with Crippen molar-refractivity contribution < 1.29 is 9.13 Å². The molecular formula is C16H12ClFN2O2. The van der Waals surface area contributed by atoms with Crippen molar-refractivity contribution in [2.75, 3.05) is 7.11 Å². The molecule has 1 aromatic heterocycles. The summed E-state index contributed by atoms with van der Waals surface area (Å²) in [5.41, 5.74) is 1.25. The summed E-state index contributed by atoms with van der Waals surface area (Å²) in [7, 11) is 1.35. The molecule has 0 aliphatic heterocycles. The highest BCUT2D eigenvalue weighted by Gasteiger charge is 2.17. The number of hydrogen-bond donors (Lipinski definition) is 1. The van der Waals surface area contributed by atoms with E-state index in [4.69, 9.17) is 16.3 Å². The molecule has 2 aromatic carbocycles. The number of methoxy groups -OCH3 is 1. The van der Waals surface area contributed by atoms with Gasteiger partial charge in [0, 0.05) is 5.56 Å². The first-order valence-electron chi connectivity index (χ1n) is 6.55. The molecule has 1 heterocycles. The Balaban J connectivity index is 2.31. The predicted molar refractivity (Wildman–Crippen MR) is 84.1 cm³/mol. The summed E-state index contributed by atoms with van der Waals surface area (Å²) in [6.45, 7) is 1.72. The van der Waals surface area contributed by atoms with Gasteiger partial charge in [0.2, 0.25) is 0 Å². The summed E-state index contributed by atoms with van der Waals surface area (Å²) in [6, 6.07) is 8.21. The summed E-state index contributed by atoms with van der Waals surface area (Å²) >= 11 is 6.13. The molecule has 3 aromatic rings. The number of aromatic nitrogens is 2. The van der Waals surface area contributed by atoms with Crippen molar-refractivity contribution >= 4 is 22.5 Å². The van der Waals surface area contributed by atoms with Crippen LogP contribution in [0.2, 0.25) is 5.02 Å². The molecule has 22 heavy (non-hydrogen) atoms. The second-order valence-corrected chi connectivity index (χ2v) is 5.19. The van der Waals surface area contributed by atoms with Gasteiger partial charge in [-0.25, -0.2) is 9.37 Å². The highest BCUT2D eigenvalue weighted by molar-refractivity contribution is 6.33. The van der Waals surface area contributed by atoms with Gasteiger partial charge in [-0.15, -0.1) is 0 Å². The standard InChI is InChI=1S/C16H12ClFN2O2/c1-8-10(7-11(18)14(22-2)13(8)17)15-19-12-6-4-3-5-9(12)16(21)20-15/h3-7H,1-2H3,(H,19,20,21). The molecule has 0 amide bonds. The van der Waals surface area contributed by atoms with Crippen LogP contribution in [-0.4, -0.2) is 17.1 Å². The quantitative estimate of drug-likeness (QED) is 0.784. The molecule has 6 heteroatoms. The molecule has 3 rings (SSSR count). The van der Waals surface area contributed by atoms with Crippen molar-refractivity contribution in [2.24, 2.45) is 0 Å². The average Bonchev–Trinajstić information content (AvgIpc) is 2.51. The lowest BCUT2D eigenvalue weighted by Crippen LogP contribution is -2.10. The highest BCUT2D eigenvalue weighted by Crippen LogP contribution is 2.36. The zero-order chi connectivity index (χ0) is 15.9. The van der Waals surface area contributed by atoms with Gasteiger partial charge in [-0.2, -0.15) is 0 Å². The fourth-order valence-corrected chi connectivity index (χ4v) is 2.61. The molecule has 0 spiro atoms. The third kappa shape index (κ3) is 2.23. The first kappa shape index (κ1) is 14.5. The van der Waals surface area contributed by atoms with Crippen molar-refractivity contribution in [3.63, 3.8) is 0 Å². The maximum Gasteiger partial charge on any atom is 0.259 e. The van der Waals surface area contributed by atoms with Gasteiger partial charge in [-0.05, 0) is 30.7 Å². The molecule has 0 saturated carbocycles. The minimum Gasteiger partial charge on any atom is -0.492 e. The van der Waals surface area contributed by atoms with Crippen LogP contribution in [0.15, 0.2) is 35.1 Å². The van der Waals surface area contributed by atoms with E-state index >= 15 is 0 Å². The SMILES string of the molecule is COc1c(F)cc(-c2nc3ccccc3c(=O)[nH]2)c(C)c1Cl. The number of aromatic amines is 1. The smallest absolute Gasteiger partial charge is 0.259 e. The van der Waals surface area contributed by atoms with Crippen molar-refractivity contribution in [3.8, 4) is 17.1 Å². The van der Waals surface area contributed by atoms with Crippen molar-refractivity contribution in [3.05, 3.63) is 57.1 Å². The third-order valence-corrected chi connectivity index (χ3v) is 3.95. The summed E-state index contributed by atoms with van der Waals surface area (Å²) in [5.74, 6) is -0.361. The lowest BCUT2D eigenvalue weighted by Gasteiger charge is -2.12. The zero-order valence-electron chi connectivity index (χ0n) is 11.9. The number of rotatable bonds is 2. The molecule has 0 atom stereocenters. The van der Waals surface area contributed by atoms with Crippen molar-refractivity contribution in [2.45, 2.75) is 6.92 Å². The van der Waals surface area contributed by atoms with Gasteiger partial charge in [0.1, 0.15) is 5.82 Å². The van der Waals surface area contributed by atoms with Gasteiger partial charge < -0.3 is 9.72 Å². The predicted octanol–water partition coefficient (Wildman–Crippen LogP) is 3.70. The minimum atomic E-state index is -0.607. The van der Waals surface area contributed by atoms with Gasteiger partial charge in [-0.3, -0.25) is 4.79 Å². The molecule has 112 valence electrons. The van der Waals surface area contributed by atoms with Crippen molar-refractivity contribution in [1.29, 1.82) is 0 Å². The van der Waals surface area contributed by atoms with E-state index < -0.39 is 5.82 Å². The maximum absolute atomic E-state index is 14.1. The number of fused-ring (bicyclic) bond motifs is 1. The van der Waals surface area contributed by atoms with E-state index in [-0.39, 0.29) is 22.2 Å². The van der Waals surface area contributed by atoms with Gasteiger partial charge in [0.25, 0.3) is 5.56 Å². The normalized spacial score (nSPS) is 10.9. The molecule has 0 bridgehead atoms. The van der Waals surface area contributed by atoms with Crippen LogP contribution in [0.4, 0.5) is 4.39 Å². The first-order chi connectivity index (χ1) is 10.5. The average molecular weight is 319 g/mol. The van der Waals surface area contributed by atoms with E-state index in [0.717, 1.165) is 0 Å². The van der Waals surface area contributed by atoms with Crippen LogP contribution < -0.4 is 10.3 Å². The Morgan fingerprint density at radius 3 is 2.77 bits per heavy atom. The second kappa shape index (κ2) is 5.42. The van der Waals surface area contributed by atoms with E-state index in [2.05, 4.69) is 9.97 Å². The van der Waals surface area contributed by atoms with Crippen LogP contribution in [0.1, 0.15) is 5.56 Å². The summed E-state index contributed by atoms with van der Waals surface area (Å²) in [4.78, 5) is 19.2. The first-order valence-corrected chi connectivity index (χ1v) is 6.92.